The van der Waals surface area contributed by atoms with Crippen LogP contribution in [0.3, 0.4) is 0 Å². The number of carbonyl (C=O) groups excluding carboxylic acids is 1. The monoisotopic (exact) mass is 359 g/mol. The SMILES string of the molecule is CC(=O)c1cn2c3c(c(N4CCN(C)CC4)c(F)cc3c1=O)OCC2C. The van der Waals surface area contributed by atoms with Crippen molar-refractivity contribution in [3.63, 3.8) is 0 Å². The number of ether oxygens (including phenoxy) is 1. The minimum absolute atomic E-state index is 0.0468. The summed E-state index contributed by atoms with van der Waals surface area (Å²) in [5, 5.41) is 0.203. The fraction of sp³-hybridized carbons (Fsp3) is 0.474. The average Bonchev–Trinajstić information content (AvgIpc) is 2.60. The minimum atomic E-state index is -0.476. The Kier molecular flexibility index (Phi) is 3.99. The number of benzene rings is 1. The molecule has 0 saturated carbocycles. The highest BCUT2D eigenvalue weighted by Gasteiger charge is 2.30. The van der Waals surface area contributed by atoms with Gasteiger partial charge in [0.05, 0.1) is 22.5 Å². The van der Waals surface area contributed by atoms with Crippen molar-refractivity contribution in [1.82, 2.24) is 9.47 Å². The molecule has 1 atom stereocenters. The van der Waals surface area contributed by atoms with Crippen molar-refractivity contribution in [3.8, 4) is 5.75 Å². The van der Waals surface area contributed by atoms with Crippen LogP contribution in [-0.2, 0) is 0 Å². The second-order valence-electron chi connectivity index (χ2n) is 7.22. The van der Waals surface area contributed by atoms with Crippen LogP contribution in [0, 0.1) is 5.82 Å². The molecular weight excluding hydrogens is 337 g/mol. The highest BCUT2D eigenvalue weighted by Crippen LogP contribution is 2.42. The number of ketones is 1. The van der Waals surface area contributed by atoms with Crippen LogP contribution in [0.25, 0.3) is 10.9 Å². The Bertz CT molecular complexity index is 961. The van der Waals surface area contributed by atoms with E-state index in [0.717, 1.165) is 13.1 Å². The molecule has 26 heavy (non-hydrogen) atoms. The Morgan fingerprint density at radius 1 is 1.27 bits per heavy atom. The molecule has 0 amide bonds. The lowest BCUT2D eigenvalue weighted by atomic mass is 10.0. The largest absolute Gasteiger partial charge is 0.487 e. The van der Waals surface area contributed by atoms with Gasteiger partial charge in [-0.15, -0.1) is 0 Å². The molecule has 138 valence electrons. The summed E-state index contributed by atoms with van der Waals surface area (Å²) in [6.07, 6.45) is 1.59. The van der Waals surface area contributed by atoms with Crippen LogP contribution < -0.4 is 15.1 Å². The minimum Gasteiger partial charge on any atom is -0.487 e. The highest BCUT2D eigenvalue weighted by atomic mass is 19.1. The van der Waals surface area contributed by atoms with E-state index in [-0.39, 0.29) is 22.8 Å². The molecule has 2 aliphatic heterocycles. The van der Waals surface area contributed by atoms with Crippen molar-refractivity contribution in [1.29, 1.82) is 0 Å². The Morgan fingerprint density at radius 3 is 2.62 bits per heavy atom. The van der Waals surface area contributed by atoms with Gasteiger partial charge >= 0.3 is 0 Å². The van der Waals surface area contributed by atoms with Crippen LogP contribution in [0.1, 0.15) is 30.2 Å². The number of piperazine rings is 1. The summed E-state index contributed by atoms with van der Waals surface area (Å²) in [6.45, 7) is 6.74. The summed E-state index contributed by atoms with van der Waals surface area (Å²) < 4.78 is 22.8. The van der Waals surface area contributed by atoms with Crippen LogP contribution in [0.4, 0.5) is 10.1 Å². The van der Waals surface area contributed by atoms with Gasteiger partial charge < -0.3 is 19.1 Å². The predicted octanol–water partition coefficient (Wildman–Crippen LogP) is 2.05. The molecule has 1 fully saturated rings. The third-order valence-electron chi connectivity index (χ3n) is 5.34. The number of Topliss-reactive ketones (excluding diaryl/α,β-unsaturated/α-hetero) is 1. The molecule has 4 rings (SSSR count). The van der Waals surface area contributed by atoms with E-state index < -0.39 is 11.2 Å². The average molecular weight is 359 g/mol. The van der Waals surface area contributed by atoms with Crippen molar-refractivity contribution in [2.75, 3.05) is 44.7 Å². The third-order valence-corrected chi connectivity index (χ3v) is 5.34. The van der Waals surface area contributed by atoms with E-state index in [4.69, 9.17) is 4.74 Å². The van der Waals surface area contributed by atoms with Crippen LogP contribution in [0.2, 0.25) is 0 Å². The molecule has 1 aromatic carbocycles. The van der Waals surface area contributed by atoms with Crippen molar-refractivity contribution in [3.05, 3.63) is 33.9 Å². The number of likely N-dealkylation sites (N-methyl/N-ethyl adjacent to an activating group) is 1. The van der Waals surface area contributed by atoms with E-state index in [1.54, 1.807) is 6.20 Å². The number of pyridine rings is 1. The molecule has 1 saturated heterocycles. The number of anilines is 1. The second-order valence-corrected chi connectivity index (χ2v) is 7.22. The first-order valence-electron chi connectivity index (χ1n) is 8.87. The molecule has 1 unspecified atom stereocenters. The van der Waals surface area contributed by atoms with Gasteiger partial charge in [-0.05, 0) is 27.0 Å². The zero-order valence-electron chi connectivity index (χ0n) is 15.2. The molecule has 0 spiro atoms. The topological polar surface area (TPSA) is 54.8 Å². The Labute approximate surface area is 150 Å². The lowest BCUT2D eigenvalue weighted by Crippen LogP contribution is -2.45. The van der Waals surface area contributed by atoms with E-state index in [1.807, 2.05) is 23.4 Å². The highest BCUT2D eigenvalue weighted by molar-refractivity contribution is 6.00. The maximum atomic E-state index is 15.0. The first-order valence-corrected chi connectivity index (χ1v) is 8.87. The third kappa shape index (κ3) is 2.49. The zero-order chi connectivity index (χ0) is 18.6. The van der Waals surface area contributed by atoms with Gasteiger partial charge in [0.2, 0.25) is 0 Å². The smallest absolute Gasteiger partial charge is 0.200 e. The summed E-state index contributed by atoms with van der Waals surface area (Å²) in [7, 11) is 2.04. The number of halogens is 1. The van der Waals surface area contributed by atoms with Gasteiger partial charge in [-0.2, -0.15) is 0 Å². The molecule has 2 aliphatic rings. The number of hydrogen-bond donors (Lipinski definition) is 0. The van der Waals surface area contributed by atoms with E-state index in [1.165, 1.54) is 13.0 Å². The molecule has 2 aromatic rings. The Morgan fingerprint density at radius 2 is 1.96 bits per heavy atom. The van der Waals surface area contributed by atoms with E-state index in [0.29, 0.717) is 36.6 Å². The molecule has 1 aromatic heterocycles. The maximum Gasteiger partial charge on any atom is 0.200 e. The van der Waals surface area contributed by atoms with Gasteiger partial charge in [-0.1, -0.05) is 0 Å². The predicted molar refractivity (Wildman–Crippen MR) is 98.1 cm³/mol. The van der Waals surface area contributed by atoms with Gasteiger partial charge in [0.1, 0.15) is 12.3 Å². The number of aromatic nitrogens is 1. The fourth-order valence-corrected chi connectivity index (χ4v) is 3.79. The fourth-order valence-electron chi connectivity index (χ4n) is 3.79. The van der Waals surface area contributed by atoms with Gasteiger partial charge in [0.15, 0.2) is 22.8 Å². The van der Waals surface area contributed by atoms with Crippen LogP contribution in [0.15, 0.2) is 17.1 Å². The summed E-state index contributed by atoms with van der Waals surface area (Å²) >= 11 is 0. The number of rotatable bonds is 2. The number of hydrogen-bond acceptors (Lipinski definition) is 5. The quantitative estimate of drug-likeness (QED) is 0.768. The normalized spacial score (nSPS) is 20.3. The van der Waals surface area contributed by atoms with Gasteiger partial charge in [0, 0.05) is 32.4 Å². The molecule has 0 aliphatic carbocycles. The molecule has 0 bridgehead atoms. The van der Waals surface area contributed by atoms with Crippen molar-refractivity contribution in [2.45, 2.75) is 19.9 Å². The summed E-state index contributed by atoms with van der Waals surface area (Å²) in [4.78, 5) is 28.8. The van der Waals surface area contributed by atoms with Crippen molar-refractivity contribution >= 4 is 22.4 Å². The summed E-state index contributed by atoms with van der Waals surface area (Å²) in [5.74, 6) is -0.379. The molecule has 0 N–H and O–H groups in total. The lowest BCUT2D eigenvalue weighted by Gasteiger charge is -2.37. The lowest BCUT2D eigenvalue weighted by molar-refractivity contribution is 0.101. The van der Waals surface area contributed by atoms with Crippen LogP contribution in [-0.4, -0.2) is 55.1 Å². The first-order chi connectivity index (χ1) is 12.4. The standard InChI is InChI=1S/C19H22FN3O3/c1-11-10-26-19-16-13(18(25)14(12(2)24)9-23(11)16)8-15(20)17(19)22-6-4-21(3)5-7-22/h8-9,11H,4-7,10H2,1-3H3. The maximum absolute atomic E-state index is 15.0. The van der Waals surface area contributed by atoms with Crippen molar-refractivity contribution < 1.29 is 13.9 Å². The zero-order valence-corrected chi connectivity index (χ0v) is 15.2. The summed E-state index contributed by atoms with van der Waals surface area (Å²) in [5.41, 5.74) is 0.644. The van der Waals surface area contributed by atoms with E-state index >= 15 is 4.39 Å². The molecule has 3 heterocycles. The van der Waals surface area contributed by atoms with Gasteiger partial charge in [-0.25, -0.2) is 4.39 Å². The molecule has 6 nitrogen and oxygen atoms in total. The van der Waals surface area contributed by atoms with Crippen molar-refractivity contribution in [2.24, 2.45) is 0 Å². The van der Waals surface area contributed by atoms with Gasteiger partial charge in [0.25, 0.3) is 0 Å². The second kappa shape index (κ2) is 6.09. The first kappa shape index (κ1) is 17.0. The number of carbonyl (C=O) groups is 1. The van der Waals surface area contributed by atoms with Crippen LogP contribution in [0.5, 0.6) is 5.75 Å². The van der Waals surface area contributed by atoms with E-state index in [9.17, 15) is 9.59 Å². The Hall–Kier alpha value is -2.41. The molecule has 7 heteroatoms. The van der Waals surface area contributed by atoms with Gasteiger partial charge in [-0.3, -0.25) is 9.59 Å². The Balaban J connectivity index is 2.00. The molecule has 0 radical (unpaired) electrons. The summed E-state index contributed by atoms with van der Waals surface area (Å²) in [6, 6.07) is 1.22. The molecular formula is C19H22FN3O3. The number of nitrogens with zero attached hydrogens (tertiary/aromatic N) is 3. The van der Waals surface area contributed by atoms with Crippen LogP contribution >= 0.6 is 0 Å². The van der Waals surface area contributed by atoms with E-state index in [2.05, 4.69) is 4.90 Å².